The van der Waals surface area contributed by atoms with Crippen LogP contribution >= 0.6 is 0 Å². The van der Waals surface area contributed by atoms with Crippen molar-refractivity contribution in [2.75, 3.05) is 7.05 Å². The molecule has 0 aromatic carbocycles. The molecule has 0 saturated carbocycles. The van der Waals surface area contributed by atoms with Crippen LogP contribution in [0.15, 0.2) is 0 Å². The van der Waals surface area contributed by atoms with Gasteiger partial charge >= 0.3 is 0 Å². The van der Waals surface area contributed by atoms with Crippen LogP contribution < -0.4 is 5.32 Å². The summed E-state index contributed by atoms with van der Waals surface area (Å²) in [5.74, 6) is 0. The quantitative estimate of drug-likeness (QED) is 0.481. The van der Waals surface area contributed by atoms with Gasteiger partial charge in [-0.25, -0.2) is 0 Å². The summed E-state index contributed by atoms with van der Waals surface area (Å²) in [5.41, 5.74) is 1.48. The molecule has 0 aromatic heterocycles. The third-order valence-corrected chi connectivity index (χ3v) is 2.37. The second-order valence-electron chi connectivity index (χ2n) is 1.38. The van der Waals surface area contributed by atoms with Gasteiger partial charge < -0.3 is 5.32 Å². The molecule has 1 radical (unpaired) electrons. The zero-order valence-electron chi connectivity index (χ0n) is 4.71. The highest BCUT2D eigenvalue weighted by atomic mass is 28.2. The van der Waals surface area contributed by atoms with Crippen molar-refractivity contribution in [3.05, 3.63) is 5.67 Å². The van der Waals surface area contributed by atoms with Crippen molar-refractivity contribution in [3.8, 4) is 0 Å². The molecule has 6 heavy (non-hydrogen) atoms. The third kappa shape index (κ3) is 2.42. The molecule has 0 spiro atoms. The van der Waals surface area contributed by atoms with Crippen LogP contribution in [0.25, 0.3) is 0 Å². The molecule has 0 aliphatic heterocycles. The van der Waals surface area contributed by atoms with Crippen LogP contribution in [0, 0.1) is 5.67 Å². The zero-order valence-corrected chi connectivity index (χ0v) is 6.12. The molecule has 1 N–H and O–H groups in total. The Morgan fingerprint density at radius 2 is 2.17 bits per heavy atom. The van der Waals surface area contributed by atoms with Gasteiger partial charge in [0.1, 0.15) is 0 Å². The smallest absolute Gasteiger partial charge is 0.0429 e. The number of hydrogen-bond acceptors (Lipinski definition) is 1. The highest BCUT2D eigenvalue weighted by Gasteiger charge is 1.89. The summed E-state index contributed by atoms with van der Waals surface area (Å²) < 4.78 is 0. The van der Waals surface area contributed by atoms with Gasteiger partial charge in [-0.05, 0) is 14.0 Å². The number of hydrogen-bond donors (Lipinski definition) is 1. The molecular formula is C4H12NSi. The van der Waals surface area contributed by atoms with E-state index >= 15 is 0 Å². The lowest BCUT2D eigenvalue weighted by atomic mass is 10.8. The maximum Gasteiger partial charge on any atom is 0.0429 e. The SMILES string of the molecule is CN[C](C)[SiH2]C. The van der Waals surface area contributed by atoms with Crippen LogP contribution in [0.5, 0.6) is 0 Å². The van der Waals surface area contributed by atoms with E-state index in [0.717, 1.165) is 0 Å². The Kier molecular flexibility index (Phi) is 3.47. The predicted molar refractivity (Wildman–Crippen MR) is 32.4 cm³/mol. The average molecular weight is 102 g/mol. The van der Waals surface area contributed by atoms with Gasteiger partial charge in [0, 0.05) is 15.2 Å². The van der Waals surface area contributed by atoms with E-state index in [1.54, 1.807) is 0 Å². The lowest BCUT2D eigenvalue weighted by Gasteiger charge is -2.00. The van der Waals surface area contributed by atoms with Crippen molar-refractivity contribution < 1.29 is 0 Å². The molecule has 37 valence electrons. The first kappa shape index (κ1) is 6.18. The van der Waals surface area contributed by atoms with E-state index in [2.05, 4.69) is 18.8 Å². The van der Waals surface area contributed by atoms with Gasteiger partial charge in [-0.3, -0.25) is 0 Å². The number of nitrogens with one attached hydrogen (secondary N) is 1. The van der Waals surface area contributed by atoms with Gasteiger partial charge in [0.2, 0.25) is 0 Å². The first-order valence-corrected chi connectivity index (χ1v) is 4.43. The van der Waals surface area contributed by atoms with E-state index in [9.17, 15) is 0 Å². The maximum atomic E-state index is 3.09. The third-order valence-electron chi connectivity index (χ3n) is 0.957. The van der Waals surface area contributed by atoms with Crippen LogP contribution in [0.4, 0.5) is 0 Å². The van der Waals surface area contributed by atoms with Crippen molar-refractivity contribution in [2.24, 2.45) is 0 Å². The normalized spacial score (nSPS) is 12.0. The summed E-state index contributed by atoms with van der Waals surface area (Å²) in [6, 6.07) is 0. The van der Waals surface area contributed by atoms with E-state index < -0.39 is 0 Å². The molecule has 0 aliphatic rings. The number of rotatable bonds is 2. The molecule has 0 aromatic rings. The maximum absolute atomic E-state index is 3.09. The van der Waals surface area contributed by atoms with E-state index in [0.29, 0.717) is 0 Å². The minimum Gasteiger partial charge on any atom is -0.316 e. The standard InChI is InChI=1S/C4H12NSi/c1-4(5-2)6-3/h5H,6H2,1-3H3. The Hall–Kier alpha value is 0.177. The van der Waals surface area contributed by atoms with Gasteiger partial charge in [-0.1, -0.05) is 6.55 Å². The Balaban J connectivity index is 2.75. The Morgan fingerprint density at radius 3 is 2.17 bits per heavy atom. The van der Waals surface area contributed by atoms with Crippen LogP contribution in [0.1, 0.15) is 6.92 Å². The largest absolute Gasteiger partial charge is 0.316 e. The zero-order chi connectivity index (χ0) is 4.99. The first-order chi connectivity index (χ1) is 2.81. The molecular weight excluding hydrogens is 90.1 g/mol. The lowest BCUT2D eigenvalue weighted by molar-refractivity contribution is 0.931. The molecule has 2 heteroatoms. The second-order valence-corrected chi connectivity index (χ2v) is 3.15. The molecule has 0 rings (SSSR count). The Labute approximate surface area is 42.0 Å². The fraction of sp³-hybridized carbons (Fsp3) is 0.750. The summed E-state index contributed by atoms with van der Waals surface area (Å²) in [6.07, 6.45) is 0. The van der Waals surface area contributed by atoms with E-state index in [-0.39, 0.29) is 9.52 Å². The summed E-state index contributed by atoms with van der Waals surface area (Å²) in [4.78, 5) is 0. The Bertz CT molecular complexity index is 26.7. The first-order valence-electron chi connectivity index (χ1n) is 2.31. The molecule has 0 amide bonds. The minimum absolute atomic E-state index is 0.144. The molecule has 0 saturated heterocycles. The predicted octanol–water partition coefficient (Wildman–Crippen LogP) is -0.0679. The van der Waals surface area contributed by atoms with Gasteiger partial charge in [-0.15, -0.1) is 0 Å². The fourth-order valence-electron chi connectivity index (χ4n) is 0.177. The molecule has 0 fully saturated rings. The molecule has 0 unspecified atom stereocenters. The molecule has 1 nitrogen and oxygen atoms in total. The summed E-state index contributed by atoms with van der Waals surface area (Å²) in [7, 11) is 2.12. The molecule has 0 atom stereocenters. The topological polar surface area (TPSA) is 12.0 Å². The fourth-order valence-corrected chi connectivity index (χ4v) is 0.530. The molecule has 0 heterocycles. The Morgan fingerprint density at radius 1 is 1.67 bits per heavy atom. The van der Waals surface area contributed by atoms with E-state index in [4.69, 9.17) is 0 Å². The van der Waals surface area contributed by atoms with Crippen LogP contribution in [0.2, 0.25) is 6.55 Å². The molecule has 0 bridgehead atoms. The van der Waals surface area contributed by atoms with Gasteiger partial charge in [-0.2, -0.15) is 0 Å². The average Bonchev–Trinajstić information content (AvgIpc) is 1.65. The van der Waals surface area contributed by atoms with Crippen molar-refractivity contribution in [1.29, 1.82) is 0 Å². The van der Waals surface area contributed by atoms with Gasteiger partial charge in [0.25, 0.3) is 0 Å². The van der Waals surface area contributed by atoms with Crippen LogP contribution in [0.3, 0.4) is 0 Å². The van der Waals surface area contributed by atoms with Crippen molar-refractivity contribution >= 4 is 9.52 Å². The van der Waals surface area contributed by atoms with Gasteiger partial charge in [0.05, 0.1) is 0 Å². The summed E-state index contributed by atoms with van der Waals surface area (Å²) >= 11 is 0. The van der Waals surface area contributed by atoms with Crippen LogP contribution in [-0.4, -0.2) is 16.6 Å². The van der Waals surface area contributed by atoms with Crippen molar-refractivity contribution in [2.45, 2.75) is 13.5 Å². The van der Waals surface area contributed by atoms with E-state index in [1.807, 2.05) is 7.05 Å². The van der Waals surface area contributed by atoms with E-state index in [1.165, 1.54) is 5.67 Å². The highest BCUT2D eigenvalue weighted by molar-refractivity contribution is 6.40. The van der Waals surface area contributed by atoms with Crippen LogP contribution in [-0.2, 0) is 0 Å². The summed E-state index contributed by atoms with van der Waals surface area (Å²) in [6.45, 7) is 4.41. The van der Waals surface area contributed by atoms with Crippen molar-refractivity contribution in [1.82, 2.24) is 5.32 Å². The molecule has 0 aliphatic carbocycles. The minimum atomic E-state index is 0.144. The van der Waals surface area contributed by atoms with Crippen molar-refractivity contribution in [3.63, 3.8) is 0 Å². The lowest BCUT2D eigenvalue weighted by Crippen LogP contribution is -2.16. The highest BCUT2D eigenvalue weighted by Crippen LogP contribution is 1.81. The summed E-state index contributed by atoms with van der Waals surface area (Å²) in [5, 5.41) is 3.09. The monoisotopic (exact) mass is 102 g/mol. The van der Waals surface area contributed by atoms with Gasteiger partial charge in [0.15, 0.2) is 0 Å². The second kappa shape index (κ2) is 3.37.